The summed E-state index contributed by atoms with van der Waals surface area (Å²) in [7, 11) is 0. The first-order chi connectivity index (χ1) is 15.4. The van der Waals surface area contributed by atoms with Crippen LogP contribution in [0.2, 0.25) is 0 Å². The molecule has 4 heterocycles. The van der Waals surface area contributed by atoms with E-state index >= 15 is 0 Å². The van der Waals surface area contributed by atoms with E-state index in [0.29, 0.717) is 21.7 Å². The Bertz CT molecular complexity index is 1420. The Morgan fingerprint density at radius 3 is 2.78 bits per heavy atom. The van der Waals surface area contributed by atoms with Gasteiger partial charge in [-0.25, -0.2) is 27.9 Å². The molecule has 0 spiro atoms. The molecule has 4 aromatic rings. The molecule has 1 fully saturated rings. The molecule has 0 radical (unpaired) electrons. The molecule has 0 bridgehead atoms. The SMILES string of the molecule is CCCc1cc2c(=O)n(NC(=O)c3cnn4c(C(F)F)cc(C5CC5)nc34)c(C)nc2s1. The van der Waals surface area contributed by atoms with Crippen molar-refractivity contribution in [3.63, 3.8) is 0 Å². The van der Waals surface area contributed by atoms with Gasteiger partial charge in [0.25, 0.3) is 17.9 Å². The van der Waals surface area contributed by atoms with Crippen LogP contribution in [0.25, 0.3) is 15.9 Å². The molecule has 1 amide bonds. The van der Waals surface area contributed by atoms with E-state index in [0.717, 1.165) is 39.8 Å². The lowest BCUT2D eigenvalue weighted by Crippen LogP contribution is -2.35. The van der Waals surface area contributed by atoms with Gasteiger partial charge in [-0.1, -0.05) is 13.3 Å². The van der Waals surface area contributed by atoms with Crippen LogP contribution in [0.1, 0.15) is 71.0 Å². The number of fused-ring (bicyclic) bond motifs is 2. The number of alkyl halides is 2. The van der Waals surface area contributed by atoms with Gasteiger partial charge in [0.15, 0.2) is 5.65 Å². The molecule has 4 aromatic heterocycles. The minimum Gasteiger partial charge on any atom is -0.267 e. The minimum absolute atomic E-state index is 0.0118. The fraction of sp³-hybridized carbons (Fsp3) is 0.381. The van der Waals surface area contributed by atoms with Crippen LogP contribution in [0, 0.1) is 6.92 Å². The molecular weight excluding hydrogens is 438 g/mol. The maximum Gasteiger partial charge on any atom is 0.281 e. The van der Waals surface area contributed by atoms with Gasteiger partial charge < -0.3 is 0 Å². The minimum atomic E-state index is -2.76. The van der Waals surface area contributed by atoms with Gasteiger partial charge in [0.1, 0.15) is 21.9 Å². The van der Waals surface area contributed by atoms with Gasteiger partial charge in [0, 0.05) is 16.5 Å². The van der Waals surface area contributed by atoms with Crippen molar-refractivity contribution in [2.24, 2.45) is 0 Å². The zero-order valence-corrected chi connectivity index (χ0v) is 18.2. The Morgan fingerprint density at radius 1 is 1.31 bits per heavy atom. The second-order valence-corrected chi connectivity index (χ2v) is 9.01. The van der Waals surface area contributed by atoms with E-state index in [4.69, 9.17) is 0 Å². The summed E-state index contributed by atoms with van der Waals surface area (Å²) < 4.78 is 29.2. The van der Waals surface area contributed by atoms with E-state index in [-0.39, 0.29) is 22.8 Å². The second-order valence-electron chi connectivity index (χ2n) is 7.90. The summed E-state index contributed by atoms with van der Waals surface area (Å²) in [4.78, 5) is 36.6. The van der Waals surface area contributed by atoms with E-state index < -0.39 is 17.9 Å². The van der Waals surface area contributed by atoms with Crippen LogP contribution in [0.5, 0.6) is 0 Å². The zero-order valence-electron chi connectivity index (χ0n) is 17.4. The lowest BCUT2D eigenvalue weighted by molar-refractivity contribution is 0.101. The molecular formula is C21H20F2N6O2S. The van der Waals surface area contributed by atoms with E-state index in [2.05, 4.69) is 27.4 Å². The van der Waals surface area contributed by atoms with E-state index in [1.54, 1.807) is 13.0 Å². The van der Waals surface area contributed by atoms with Crippen molar-refractivity contribution < 1.29 is 13.6 Å². The highest BCUT2D eigenvalue weighted by atomic mass is 32.1. The van der Waals surface area contributed by atoms with Crippen LogP contribution < -0.4 is 11.0 Å². The van der Waals surface area contributed by atoms with Crippen molar-refractivity contribution in [2.75, 3.05) is 5.43 Å². The molecule has 0 saturated heterocycles. The summed E-state index contributed by atoms with van der Waals surface area (Å²) in [5, 5.41) is 4.38. The summed E-state index contributed by atoms with van der Waals surface area (Å²) in [6.45, 7) is 3.68. The lowest BCUT2D eigenvalue weighted by atomic mass is 10.2. The third-order valence-corrected chi connectivity index (χ3v) is 6.57. The predicted octanol–water partition coefficient (Wildman–Crippen LogP) is 3.96. The Balaban J connectivity index is 1.55. The number of hydrogen-bond donors (Lipinski definition) is 1. The summed E-state index contributed by atoms with van der Waals surface area (Å²) in [5.41, 5.74) is 2.43. The number of aromatic nitrogens is 5. The molecule has 1 saturated carbocycles. The molecule has 0 aliphatic heterocycles. The van der Waals surface area contributed by atoms with Crippen molar-refractivity contribution in [3.05, 3.63) is 56.3 Å². The highest BCUT2D eigenvalue weighted by Crippen LogP contribution is 2.40. The van der Waals surface area contributed by atoms with Crippen molar-refractivity contribution in [3.8, 4) is 0 Å². The molecule has 32 heavy (non-hydrogen) atoms. The quantitative estimate of drug-likeness (QED) is 0.472. The third-order valence-electron chi connectivity index (χ3n) is 5.48. The van der Waals surface area contributed by atoms with Gasteiger partial charge in [0.05, 0.1) is 11.6 Å². The van der Waals surface area contributed by atoms with Crippen molar-refractivity contribution >= 4 is 33.1 Å². The van der Waals surface area contributed by atoms with Gasteiger partial charge in [-0.2, -0.15) is 5.10 Å². The second kappa shape index (κ2) is 7.73. The number of carbonyl (C=O) groups excluding carboxylic acids is 1. The number of halogens is 2. The van der Waals surface area contributed by atoms with Crippen LogP contribution >= 0.6 is 11.3 Å². The number of rotatable bonds is 6. The first-order valence-corrected chi connectivity index (χ1v) is 11.2. The smallest absolute Gasteiger partial charge is 0.267 e. The monoisotopic (exact) mass is 458 g/mol. The van der Waals surface area contributed by atoms with Crippen LogP contribution in [0.4, 0.5) is 8.78 Å². The van der Waals surface area contributed by atoms with Crippen LogP contribution in [0.3, 0.4) is 0 Å². The van der Waals surface area contributed by atoms with Crippen LogP contribution in [-0.4, -0.2) is 30.2 Å². The fourth-order valence-corrected chi connectivity index (χ4v) is 4.87. The lowest BCUT2D eigenvalue weighted by Gasteiger charge is -2.11. The number of carbonyl (C=O) groups is 1. The molecule has 1 aliphatic rings. The van der Waals surface area contributed by atoms with Gasteiger partial charge in [-0.15, -0.1) is 11.3 Å². The summed E-state index contributed by atoms with van der Waals surface area (Å²) in [6, 6.07) is 3.15. The molecule has 166 valence electrons. The number of aryl methyl sites for hydroxylation is 2. The maximum atomic E-state index is 13.6. The predicted molar refractivity (Wildman–Crippen MR) is 116 cm³/mol. The van der Waals surface area contributed by atoms with Gasteiger partial charge in [-0.05, 0) is 38.3 Å². The summed E-state index contributed by atoms with van der Waals surface area (Å²) in [6.07, 6.45) is 1.97. The van der Waals surface area contributed by atoms with E-state index in [1.807, 2.05) is 0 Å². The molecule has 0 aromatic carbocycles. The molecule has 0 unspecified atom stereocenters. The zero-order chi connectivity index (χ0) is 22.6. The van der Waals surface area contributed by atoms with Gasteiger partial charge in [0.2, 0.25) is 0 Å². The average Bonchev–Trinajstić information content (AvgIpc) is 3.39. The summed E-state index contributed by atoms with van der Waals surface area (Å²) >= 11 is 1.46. The van der Waals surface area contributed by atoms with Crippen molar-refractivity contribution in [2.45, 2.75) is 51.9 Å². The Labute approximate surface area is 184 Å². The van der Waals surface area contributed by atoms with Gasteiger partial charge >= 0.3 is 0 Å². The van der Waals surface area contributed by atoms with Crippen molar-refractivity contribution in [1.29, 1.82) is 0 Å². The summed E-state index contributed by atoms with van der Waals surface area (Å²) in [5.74, 6) is -0.233. The Morgan fingerprint density at radius 2 is 2.09 bits per heavy atom. The average molecular weight is 458 g/mol. The van der Waals surface area contributed by atoms with Gasteiger partial charge in [-0.3, -0.25) is 15.0 Å². The molecule has 1 aliphatic carbocycles. The standard InChI is InChI=1S/C21H20F2N6O2S/c1-3-4-12-7-13-20(32-12)25-10(2)28(21(13)31)27-19(30)14-9-24-29-16(17(22)23)8-15(11-5-6-11)26-18(14)29/h7-9,11,17H,3-6H2,1-2H3,(H,27,30). The highest BCUT2D eigenvalue weighted by molar-refractivity contribution is 7.18. The van der Waals surface area contributed by atoms with Crippen LogP contribution in [-0.2, 0) is 6.42 Å². The Kier molecular flexibility index (Phi) is 5.00. The third kappa shape index (κ3) is 3.46. The van der Waals surface area contributed by atoms with Crippen LogP contribution in [0.15, 0.2) is 23.1 Å². The maximum absolute atomic E-state index is 13.6. The van der Waals surface area contributed by atoms with Crippen molar-refractivity contribution in [1.82, 2.24) is 24.3 Å². The Hall–Kier alpha value is -3.21. The normalized spacial score (nSPS) is 14.0. The number of nitrogens with one attached hydrogen (secondary N) is 1. The molecule has 5 rings (SSSR count). The number of nitrogens with zero attached hydrogens (tertiary/aromatic N) is 5. The highest BCUT2D eigenvalue weighted by Gasteiger charge is 2.29. The number of amides is 1. The van der Waals surface area contributed by atoms with E-state index in [9.17, 15) is 18.4 Å². The van der Waals surface area contributed by atoms with E-state index in [1.165, 1.54) is 23.6 Å². The molecule has 8 nitrogen and oxygen atoms in total. The largest absolute Gasteiger partial charge is 0.281 e. The molecule has 0 atom stereocenters. The first-order valence-electron chi connectivity index (χ1n) is 10.4. The number of hydrogen-bond acceptors (Lipinski definition) is 6. The fourth-order valence-electron chi connectivity index (χ4n) is 3.70. The topological polar surface area (TPSA) is 94.2 Å². The first kappa shape index (κ1) is 20.7. The number of thiophene rings is 1. The molecule has 1 N–H and O–H groups in total. The molecule has 11 heteroatoms.